The van der Waals surface area contributed by atoms with Crippen LogP contribution in [-0.4, -0.2) is 58.4 Å². The first-order valence-corrected chi connectivity index (χ1v) is 11.2. The summed E-state index contributed by atoms with van der Waals surface area (Å²) in [6.07, 6.45) is -2.71. The highest BCUT2D eigenvalue weighted by Crippen LogP contribution is 2.33. The van der Waals surface area contributed by atoms with Gasteiger partial charge in [-0.1, -0.05) is 0 Å². The number of nitrogens with zero attached hydrogens (tertiary/aromatic N) is 4. The SMILES string of the molecule is NC(=O)[C@@H]1CCN(c2ncnc(N)c2F)C[C@H]1N1CCC[C@H](Nc2cc(F)cc(C(F)(F)F)c2)C1=O. The van der Waals surface area contributed by atoms with Crippen molar-refractivity contribution in [1.29, 1.82) is 0 Å². The summed E-state index contributed by atoms with van der Waals surface area (Å²) in [7, 11) is 0. The molecule has 4 rings (SSSR count). The van der Waals surface area contributed by atoms with E-state index in [9.17, 15) is 31.5 Å². The Hall–Kier alpha value is -3.71. The first-order chi connectivity index (χ1) is 17.0. The standard InChI is InChI=1S/C22H24F5N7O2/c23-12-6-11(22(25,26)27)7-13(8-12)32-15-2-1-4-34(21(15)36)16-9-33(5-3-14(16)19(29)35)20-17(24)18(28)30-10-31-20/h6-8,10,14-16,32H,1-5,9H2,(H2,29,35)(H2,28,30,31)/t14-,15+,16-/m1/s1. The molecule has 2 fully saturated rings. The number of nitrogen functional groups attached to an aromatic ring is 1. The molecule has 0 aliphatic carbocycles. The van der Waals surface area contributed by atoms with Gasteiger partial charge in [-0.15, -0.1) is 0 Å². The Kier molecular flexibility index (Phi) is 6.87. The fourth-order valence-corrected chi connectivity index (χ4v) is 4.77. The Morgan fingerprint density at radius 2 is 1.86 bits per heavy atom. The van der Waals surface area contributed by atoms with Crippen molar-refractivity contribution in [3.63, 3.8) is 0 Å². The lowest BCUT2D eigenvalue weighted by atomic mass is 9.87. The van der Waals surface area contributed by atoms with Crippen LogP contribution in [0.5, 0.6) is 0 Å². The van der Waals surface area contributed by atoms with Gasteiger partial charge in [-0.2, -0.15) is 17.6 Å². The number of carbonyl (C=O) groups is 2. The fourth-order valence-electron chi connectivity index (χ4n) is 4.77. The van der Waals surface area contributed by atoms with Crippen molar-refractivity contribution in [2.75, 3.05) is 35.6 Å². The van der Waals surface area contributed by atoms with Crippen molar-refractivity contribution >= 4 is 29.1 Å². The van der Waals surface area contributed by atoms with Gasteiger partial charge in [-0.05, 0) is 37.5 Å². The third-order valence-electron chi connectivity index (χ3n) is 6.48. The molecule has 2 aromatic rings. The van der Waals surface area contributed by atoms with Crippen LogP contribution in [0.3, 0.4) is 0 Å². The molecule has 1 aromatic heterocycles. The number of anilines is 3. The van der Waals surface area contributed by atoms with Crippen LogP contribution >= 0.6 is 0 Å². The molecule has 9 nitrogen and oxygen atoms in total. The van der Waals surface area contributed by atoms with Gasteiger partial charge in [-0.25, -0.2) is 14.4 Å². The van der Waals surface area contributed by atoms with E-state index < -0.39 is 53.2 Å². The van der Waals surface area contributed by atoms with Crippen LogP contribution in [0, 0.1) is 17.6 Å². The maximum atomic E-state index is 14.6. The summed E-state index contributed by atoms with van der Waals surface area (Å²) < 4.78 is 67.7. The van der Waals surface area contributed by atoms with E-state index in [1.165, 1.54) is 4.90 Å². The predicted molar refractivity (Wildman–Crippen MR) is 119 cm³/mol. The maximum Gasteiger partial charge on any atom is 0.416 e. The molecule has 3 heterocycles. The number of amides is 2. The van der Waals surface area contributed by atoms with E-state index in [0.717, 1.165) is 18.5 Å². The number of hydrogen-bond donors (Lipinski definition) is 3. The van der Waals surface area contributed by atoms with Gasteiger partial charge in [0, 0.05) is 25.3 Å². The second-order valence-electron chi connectivity index (χ2n) is 8.80. The van der Waals surface area contributed by atoms with Crippen LogP contribution in [0.4, 0.5) is 39.3 Å². The summed E-state index contributed by atoms with van der Waals surface area (Å²) >= 11 is 0. The molecule has 3 atom stereocenters. The first kappa shape index (κ1) is 25.4. The minimum atomic E-state index is -4.76. The largest absolute Gasteiger partial charge is 0.416 e. The second kappa shape index (κ2) is 9.74. The molecule has 2 aliphatic heterocycles. The number of nitrogens with one attached hydrogen (secondary N) is 1. The molecular weight excluding hydrogens is 489 g/mol. The van der Waals surface area contributed by atoms with Crippen molar-refractivity contribution < 1.29 is 31.5 Å². The number of nitrogens with two attached hydrogens (primary N) is 2. The van der Waals surface area contributed by atoms with E-state index in [1.807, 2.05) is 0 Å². The van der Waals surface area contributed by atoms with Gasteiger partial charge in [0.15, 0.2) is 11.6 Å². The van der Waals surface area contributed by atoms with E-state index in [2.05, 4.69) is 15.3 Å². The number of likely N-dealkylation sites (tertiary alicyclic amines) is 1. The highest BCUT2D eigenvalue weighted by molar-refractivity contribution is 5.87. The van der Waals surface area contributed by atoms with E-state index >= 15 is 0 Å². The zero-order valence-corrected chi connectivity index (χ0v) is 18.9. The predicted octanol–water partition coefficient (Wildman–Crippen LogP) is 2.14. The molecule has 2 amide bonds. The van der Waals surface area contributed by atoms with Gasteiger partial charge in [0.05, 0.1) is 17.5 Å². The van der Waals surface area contributed by atoms with E-state index in [1.54, 1.807) is 4.90 Å². The van der Waals surface area contributed by atoms with Crippen LogP contribution < -0.4 is 21.7 Å². The molecule has 36 heavy (non-hydrogen) atoms. The molecule has 0 saturated carbocycles. The minimum absolute atomic E-state index is 0.0254. The summed E-state index contributed by atoms with van der Waals surface area (Å²) in [5, 5.41) is 2.70. The Labute approximate surface area is 202 Å². The summed E-state index contributed by atoms with van der Waals surface area (Å²) in [5.41, 5.74) is 9.76. The van der Waals surface area contributed by atoms with E-state index in [0.29, 0.717) is 12.5 Å². The molecule has 2 aliphatic rings. The lowest BCUT2D eigenvalue weighted by molar-refractivity contribution is -0.140. The number of piperidine rings is 2. The number of halogens is 5. The van der Waals surface area contributed by atoms with Gasteiger partial charge >= 0.3 is 6.18 Å². The second-order valence-corrected chi connectivity index (χ2v) is 8.80. The normalized spacial score (nSPS) is 23.0. The number of aromatic nitrogens is 2. The molecule has 1 aromatic carbocycles. The highest BCUT2D eigenvalue weighted by Gasteiger charge is 2.43. The first-order valence-electron chi connectivity index (χ1n) is 11.2. The highest BCUT2D eigenvalue weighted by atomic mass is 19.4. The molecule has 0 unspecified atom stereocenters. The van der Waals surface area contributed by atoms with Gasteiger partial charge in [0.25, 0.3) is 0 Å². The summed E-state index contributed by atoms with van der Waals surface area (Å²) in [5.74, 6) is -4.21. The van der Waals surface area contributed by atoms with Crippen LogP contribution in [0.2, 0.25) is 0 Å². The van der Waals surface area contributed by atoms with Gasteiger partial charge in [0.1, 0.15) is 18.2 Å². The number of benzene rings is 1. The van der Waals surface area contributed by atoms with Crippen molar-refractivity contribution in [1.82, 2.24) is 14.9 Å². The Morgan fingerprint density at radius 3 is 2.56 bits per heavy atom. The zero-order valence-electron chi connectivity index (χ0n) is 18.9. The number of carbonyl (C=O) groups excluding carboxylic acids is 2. The zero-order chi connectivity index (χ0) is 26.2. The van der Waals surface area contributed by atoms with Gasteiger partial charge < -0.3 is 26.6 Å². The molecule has 14 heteroatoms. The van der Waals surface area contributed by atoms with Crippen molar-refractivity contribution in [3.05, 3.63) is 41.7 Å². The summed E-state index contributed by atoms with van der Waals surface area (Å²) in [6, 6.07) is 0.261. The van der Waals surface area contributed by atoms with Gasteiger partial charge in [0.2, 0.25) is 17.6 Å². The van der Waals surface area contributed by atoms with Crippen molar-refractivity contribution in [3.8, 4) is 0 Å². The molecular formula is C22H24F5N7O2. The van der Waals surface area contributed by atoms with Gasteiger partial charge in [-0.3, -0.25) is 9.59 Å². The average molecular weight is 513 g/mol. The Bertz CT molecular complexity index is 1160. The molecule has 2 saturated heterocycles. The van der Waals surface area contributed by atoms with E-state index in [4.69, 9.17) is 11.5 Å². The Morgan fingerprint density at radius 1 is 1.11 bits per heavy atom. The molecule has 5 N–H and O–H groups in total. The monoisotopic (exact) mass is 513 g/mol. The van der Waals surface area contributed by atoms with E-state index in [-0.39, 0.29) is 49.8 Å². The number of rotatable bonds is 5. The van der Waals surface area contributed by atoms with Crippen LogP contribution in [-0.2, 0) is 15.8 Å². The lowest BCUT2D eigenvalue weighted by Crippen LogP contribution is -2.61. The minimum Gasteiger partial charge on any atom is -0.381 e. The molecule has 0 spiro atoms. The smallest absolute Gasteiger partial charge is 0.381 e. The van der Waals surface area contributed by atoms with Crippen LogP contribution in [0.25, 0.3) is 0 Å². The maximum absolute atomic E-state index is 14.6. The third kappa shape index (κ3) is 5.11. The summed E-state index contributed by atoms with van der Waals surface area (Å²) in [4.78, 5) is 36.1. The lowest BCUT2D eigenvalue weighted by Gasteiger charge is -2.46. The van der Waals surface area contributed by atoms with Crippen LogP contribution in [0.15, 0.2) is 24.5 Å². The Balaban J connectivity index is 1.57. The fraction of sp³-hybridized carbons (Fsp3) is 0.455. The van der Waals surface area contributed by atoms with Crippen molar-refractivity contribution in [2.45, 2.75) is 37.5 Å². The number of hydrogen-bond acceptors (Lipinski definition) is 7. The van der Waals surface area contributed by atoms with Crippen molar-refractivity contribution in [2.24, 2.45) is 11.7 Å². The average Bonchev–Trinajstić information content (AvgIpc) is 2.81. The topological polar surface area (TPSA) is 130 Å². The molecule has 194 valence electrons. The molecule has 0 bridgehead atoms. The van der Waals surface area contributed by atoms with Crippen LogP contribution in [0.1, 0.15) is 24.8 Å². The summed E-state index contributed by atoms with van der Waals surface area (Å²) in [6.45, 7) is 0.507. The number of primary amides is 1. The number of alkyl halides is 3. The quantitative estimate of drug-likeness (QED) is 0.523. The molecule has 0 radical (unpaired) electrons. The third-order valence-corrected chi connectivity index (χ3v) is 6.48.